The van der Waals surface area contributed by atoms with Crippen LogP contribution in [0.5, 0.6) is 0 Å². The maximum absolute atomic E-state index is 11.4. The Labute approximate surface area is 176 Å². The highest BCUT2D eigenvalue weighted by molar-refractivity contribution is 5.98. The Bertz CT molecular complexity index is 1360. The van der Waals surface area contributed by atoms with Crippen LogP contribution in [0.1, 0.15) is 28.4 Å². The second-order valence-electron chi connectivity index (χ2n) is 7.85. The summed E-state index contributed by atoms with van der Waals surface area (Å²) < 4.78 is 0. The van der Waals surface area contributed by atoms with Crippen molar-refractivity contribution >= 4 is 21.5 Å². The van der Waals surface area contributed by atoms with Crippen LogP contribution in [0.4, 0.5) is 0 Å². The maximum Gasteiger partial charge on any atom is 0.107 e. The second-order valence-corrected chi connectivity index (χ2v) is 7.85. The van der Waals surface area contributed by atoms with Crippen LogP contribution in [0.25, 0.3) is 32.8 Å². The van der Waals surface area contributed by atoms with Crippen molar-refractivity contribution in [2.75, 3.05) is 0 Å². The molecule has 1 unspecified atom stereocenters. The molecule has 0 aliphatic rings. The first-order valence-electron chi connectivity index (χ1n) is 10.2. The number of fused-ring (bicyclic) bond motifs is 2. The van der Waals surface area contributed by atoms with Gasteiger partial charge in [0.05, 0.1) is 5.69 Å². The molecule has 0 saturated carbocycles. The van der Waals surface area contributed by atoms with Crippen molar-refractivity contribution < 1.29 is 5.11 Å². The molecular formula is C28H23NO. The molecule has 0 bridgehead atoms. The number of rotatable bonds is 3. The number of aromatic nitrogens is 1. The molecule has 0 aliphatic carbocycles. The van der Waals surface area contributed by atoms with E-state index in [1.165, 1.54) is 16.7 Å². The molecule has 2 heteroatoms. The van der Waals surface area contributed by atoms with Gasteiger partial charge < -0.3 is 5.11 Å². The van der Waals surface area contributed by atoms with Gasteiger partial charge in [-0.05, 0) is 46.7 Å². The summed E-state index contributed by atoms with van der Waals surface area (Å²) in [7, 11) is 0. The van der Waals surface area contributed by atoms with Gasteiger partial charge in [-0.2, -0.15) is 0 Å². The van der Waals surface area contributed by atoms with Gasteiger partial charge in [0.25, 0.3) is 0 Å². The Morgan fingerprint density at radius 3 is 2.00 bits per heavy atom. The highest BCUT2D eigenvalue weighted by Gasteiger charge is 2.19. The summed E-state index contributed by atoms with van der Waals surface area (Å²) in [5.74, 6) is 0. The lowest BCUT2D eigenvalue weighted by Gasteiger charge is -2.18. The molecule has 0 spiro atoms. The van der Waals surface area contributed by atoms with E-state index >= 15 is 0 Å². The molecule has 2 nitrogen and oxygen atoms in total. The van der Waals surface area contributed by atoms with Crippen molar-refractivity contribution in [3.8, 4) is 11.3 Å². The molecular weight excluding hydrogens is 366 g/mol. The molecule has 0 aliphatic heterocycles. The number of aliphatic hydroxyl groups excluding tert-OH is 1. The molecule has 1 aromatic heterocycles. The third-order valence-electron chi connectivity index (χ3n) is 5.96. The van der Waals surface area contributed by atoms with E-state index in [1.54, 1.807) is 0 Å². The Hall–Kier alpha value is -3.49. The normalized spacial score (nSPS) is 12.4. The van der Waals surface area contributed by atoms with Crippen molar-refractivity contribution in [2.45, 2.75) is 20.0 Å². The van der Waals surface area contributed by atoms with Crippen LogP contribution >= 0.6 is 0 Å². The third kappa shape index (κ3) is 2.97. The van der Waals surface area contributed by atoms with Gasteiger partial charge in [-0.3, -0.25) is 4.98 Å². The van der Waals surface area contributed by atoms with Crippen LogP contribution in [-0.4, -0.2) is 10.1 Å². The van der Waals surface area contributed by atoms with Crippen LogP contribution in [0.15, 0.2) is 91.1 Å². The summed E-state index contributed by atoms with van der Waals surface area (Å²) in [4.78, 5) is 4.87. The van der Waals surface area contributed by atoms with Gasteiger partial charge in [0.2, 0.25) is 0 Å². The Balaban J connectivity index is 1.74. The summed E-state index contributed by atoms with van der Waals surface area (Å²) in [5.41, 5.74) is 6.27. The van der Waals surface area contributed by atoms with E-state index in [0.29, 0.717) is 0 Å². The van der Waals surface area contributed by atoms with Crippen molar-refractivity contribution in [3.05, 3.63) is 113 Å². The zero-order valence-corrected chi connectivity index (χ0v) is 17.1. The van der Waals surface area contributed by atoms with Crippen molar-refractivity contribution in [2.24, 2.45) is 0 Å². The van der Waals surface area contributed by atoms with Gasteiger partial charge in [0.15, 0.2) is 0 Å². The highest BCUT2D eigenvalue weighted by atomic mass is 16.3. The Morgan fingerprint density at radius 2 is 1.23 bits per heavy atom. The first-order valence-corrected chi connectivity index (χ1v) is 10.2. The van der Waals surface area contributed by atoms with Gasteiger partial charge in [-0.25, -0.2) is 0 Å². The average Bonchev–Trinajstić information content (AvgIpc) is 2.78. The summed E-state index contributed by atoms with van der Waals surface area (Å²) in [6, 6.07) is 28.8. The lowest BCUT2D eigenvalue weighted by molar-refractivity contribution is 0.223. The summed E-state index contributed by atoms with van der Waals surface area (Å²) >= 11 is 0. The Kier molecular flexibility index (Phi) is 4.57. The quantitative estimate of drug-likeness (QED) is 0.370. The van der Waals surface area contributed by atoms with Gasteiger partial charge >= 0.3 is 0 Å². The van der Waals surface area contributed by atoms with Gasteiger partial charge in [0.1, 0.15) is 6.10 Å². The fourth-order valence-corrected chi connectivity index (χ4v) is 4.48. The fraction of sp³-hybridized carbons (Fsp3) is 0.107. The van der Waals surface area contributed by atoms with E-state index in [4.69, 9.17) is 4.98 Å². The molecule has 5 aromatic rings. The monoisotopic (exact) mass is 389 g/mol. The molecule has 1 heterocycles. The Morgan fingerprint density at radius 1 is 0.633 bits per heavy atom. The maximum atomic E-state index is 11.4. The molecule has 30 heavy (non-hydrogen) atoms. The fourth-order valence-electron chi connectivity index (χ4n) is 4.48. The SMILES string of the molecule is Cc1cccc(C)c1-c1ncc(C(O)c2cccc3ccccc23)c2ccccc12. The summed E-state index contributed by atoms with van der Waals surface area (Å²) in [6.07, 6.45) is 1.09. The van der Waals surface area contributed by atoms with E-state index in [2.05, 4.69) is 62.4 Å². The zero-order valence-electron chi connectivity index (χ0n) is 17.1. The van der Waals surface area contributed by atoms with E-state index in [-0.39, 0.29) is 0 Å². The van der Waals surface area contributed by atoms with E-state index in [1.807, 2.05) is 42.6 Å². The smallest absolute Gasteiger partial charge is 0.107 e. The third-order valence-corrected chi connectivity index (χ3v) is 5.96. The number of pyridine rings is 1. The lowest BCUT2D eigenvalue weighted by Crippen LogP contribution is -2.04. The first kappa shape index (κ1) is 18.5. The average molecular weight is 389 g/mol. The second kappa shape index (κ2) is 7.40. The van der Waals surface area contributed by atoms with E-state index < -0.39 is 6.10 Å². The predicted octanol–water partition coefficient (Wildman–Crippen LogP) is 6.75. The molecule has 0 amide bonds. The van der Waals surface area contributed by atoms with Crippen LogP contribution in [0.3, 0.4) is 0 Å². The van der Waals surface area contributed by atoms with Crippen molar-refractivity contribution in [1.82, 2.24) is 4.98 Å². The van der Waals surface area contributed by atoms with Crippen LogP contribution < -0.4 is 0 Å². The minimum absolute atomic E-state index is 0.750. The first-order chi connectivity index (χ1) is 14.6. The standard InChI is InChI=1S/C28H23NO/c1-18-9-7-10-19(2)26(18)27-23-15-6-5-14-22(23)25(17-29-27)28(30)24-16-8-12-20-11-3-4-13-21(20)24/h3-17,28,30H,1-2H3. The largest absolute Gasteiger partial charge is 0.384 e. The molecule has 0 fully saturated rings. The van der Waals surface area contributed by atoms with Gasteiger partial charge in [-0.15, -0.1) is 0 Å². The number of hydrogen-bond donors (Lipinski definition) is 1. The van der Waals surface area contributed by atoms with E-state index in [9.17, 15) is 5.11 Å². The van der Waals surface area contributed by atoms with Crippen molar-refractivity contribution in [3.63, 3.8) is 0 Å². The highest BCUT2D eigenvalue weighted by Crippen LogP contribution is 2.37. The molecule has 4 aromatic carbocycles. The minimum atomic E-state index is -0.750. The predicted molar refractivity (Wildman–Crippen MR) is 125 cm³/mol. The lowest BCUT2D eigenvalue weighted by atomic mass is 9.91. The topological polar surface area (TPSA) is 33.1 Å². The molecule has 146 valence electrons. The number of aryl methyl sites for hydroxylation is 2. The number of benzene rings is 4. The minimum Gasteiger partial charge on any atom is -0.384 e. The van der Waals surface area contributed by atoms with Crippen LogP contribution in [0, 0.1) is 13.8 Å². The van der Waals surface area contributed by atoms with Crippen molar-refractivity contribution in [1.29, 1.82) is 0 Å². The van der Waals surface area contributed by atoms with Crippen LogP contribution in [-0.2, 0) is 0 Å². The number of aliphatic hydroxyl groups is 1. The molecule has 0 radical (unpaired) electrons. The van der Waals surface area contributed by atoms with Gasteiger partial charge in [0, 0.05) is 22.7 Å². The van der Waals surface area contributed by atoms with E-state index in [0.717, 1.165) is 38.4 Å². The number of nitrogens with zero attached hydrogens (tertiary/aromatic N) is 1. The summed E-state index contributed by atoms with van der Waals surface area (Å²) in [5, 5.41) is 15.7. The molecule has 0 saturated heterocycles. The van der Waals surface area contributed by atoms with Gasteiger partial charge in [-0.1, -0.05) is 84.9 Å². The molecule has 1 atom stereocenters. The zero-order chi connectivity index (χ0) is 20.7. The molecule has 5 rings (SSSR count). The van der Waals surface area contributed by atoms with Crippen LogP contribution in [0.2, 0.25) is 0 Å². The summed E-state index contributed by atoms with van der Waals surface area (Å²) in [6.45, 7) is 4.25. The number of hydrogen-bond acceptors (Lipinski definition) is 2. The molecule has 1 N–H and O–H groups in total.